The molecule has 0 unspecified atom stereocenters. The molecule has 1 aliphatic rings. The molecule has 0 spiro atoms. The highest BCUT2D eigenvalue weighted by Gasteiger charge is 2.18. The number of hydrogen-bond donors (Lipinski definition) is 0. The maximum atomic E-state index is 6.15. The van der Waals surface area contributed by atoms with E-state index in [0.29, 0.717) is 0 Å². The zero-order valence-electron chi connectivity index (χ0n) is 12.7. The molecule has 1 aromatic heterocycles. The zero-order chi connectivity index (χ0) is 15.6. The Morgan fingerprint density at radius 3 is 2.65 bits per heavy atom. The number of rotatable bonds is 1. The van der Waals surface area contributed by atoms with Crippen LogP contribution in [0.15, 0.2) is 66.9 Å². The molecule has 23 heavy (non-hydrogen) atoms. The van der Waals surface area contributed by atoms with Crippen molar-refractivity contribution >= 4 is 23.3 Å². The number of aromatic nitrogens is 1. The molecule has 0 aliphatic heterocycles. The first-order valence-corrected chi connectivity index (χ1v) is 8.19. The number of aryl methyl sites for hydroxylation is 2. The van der Waals surface area contributed by atoms with E-state index in [2.05, 4.69) is 47.5 Å². The summed E-state index contributed by atoms with van der Waals surface area (Å²) in [7, 11) is 0. The van der Waals surface area contributed by atoms with E-state index in [4.69, 9.17) is 11.6 Å². The molecule has 0 saturated heterocycles. The summed E-state index contributed by atoms with van der Waals surface area (Å²) in [6.07, 6.45) is 6.09. The molecule has 112 valence electrons. The van der Waals surface area contributed by atoms with E-state index in [9.17, 15) is 0 Å². The highest BCUT2D eigenvalue weighted by molar-refractivity contribution is 6.30. The van der Waals surface area contributed by atoms with Crippen LogP contribution in [0, 0.1) is 0 Å². The summed E-state index contributed by atoms with van der Waals surface area (Å²) < 4.78 is 0. The lowest BCUT2D eigenvalue weighted by atomic mass is 9.93. The van der Waals surface area contributed by atoms with Gasteiger partial charge in [-0.2, -0.15) is 0 Å². The van der Waals surface area contributed by atoms with Crippen molar-refractivity contribution in [2.75, 3.05) is 0 Å². The highest BCUT2D eigenvalue weighted by atomic mass is 35.5. The fourth-order valence-electron chi connectivity index (χ4n) is 3.20. The maximum Gasteiger partial charge on any atom is 0.0485 e. The van der Waals surface area contributed by atoms with E-state index in [1.807, 2.05) is 30.5 Å². The third kappa shape index (κ3) is 2.80. The first-order chi connectivity index (χ1) is 11.3. The molecule has 0 atom stereocenters. The molecule has 2 heteroatoms. The zero-order valence-corrected chi connectivity index (χ0v) is 13.4. The lowest BCUT2D eigenvalue weighted by Crippen LogP contribution is -1.95. The van der Waals surface area contributed by atoms with Crippen molar-refractivity contribution in [2.45, 2.75) is 12.8 Å². The van der Waals surface area contributed by atoms with Gasteiger partial charge in [-0.3, -0.25) is 4.98 Å². The molecule has 0 saturated carbocycles. The van der Waals surface area contributed by atoms with Crippen molar-refractivity contribution in [3.8, 4) is 0 Å². The van der Waals surface area contributed by atoms with E-state index in [1.54, 1.807) is 0 Å². The normalized spacial score (nSPS) is 14.9. The maximum absolute atomic E-state index is 6.15. The minimum absolute atomic E-state index is 0.757. The van der Waals surface area contributed by atoms with Crippen molar-refractivity contribution in [3.05, 3.63) is 99.8 Å². The van der Waals surface area contributed by atoms with Crippen molar-refractivity contribution in [1.82, 2.24) is 4.98 Å². The summed E-state index contributed by atoms with van der Waals surface area (Å²) in [6, 6.07) is 20.8. The summed E-state index contributed by atoms with van der Waals surface area (Å²) in [6.45, 7) is 0. The Morgan fingerprint density at radius 1 is 0.870 bits per heavy atom. The predicted molar refractivity (Wildman–Crippen MR) is 96.5 cm³/mol. The second-order valence-corrected chi connectivity index (χ2v) is 6.20. The Morgan fingerprint density at radius 2 is 1.74 bits per heavy atom. The van der Waals surface area contributed by atoms with Crippen molar-refractivity contribution < 1.29 is 0 Å². The van der Waals surface area contributed by atoms with Gasteiger partial charge in [0, 0.05) is 22.5 Å². The Labute approximate surface area is 141 Å². The highest BCUT2D eigenvalue weighted by Crippen LogP contribution is 2.34. The average molecular weight is 318 g/mol. The van der Waals surface area contributed by atoms with E-state index in [0.717, 1.165) is 29.1 Å². The van der Waals surface area contributed by atoms with Crippen LogP contribution >= 0.6 is 11.6 Å². The first kappa shape index (κ1) is 14.2. The van der Waals surface area contributed by atoms with Gasteiger partial charge in [0.1, 0.15) is 0 Å². The van der Waals surface area contributed by atoms with Crippen LogP contribution in [0.3, 0.4) is 0 Å². The largest absolute Gasteiger partial charge is 0.261 e. The topological polar surface area (TPSA) is 12.9 Å². The van der Waals surface area contributed by atoms with Crippen LogP contribution in [-0.2, 0) is 12.8 Å². The van der Waals surface area contributed by atoms with Gasteiger partial charge in [-0.25, -0.2) is 0 Å². The van der Waals surface area contributed by atoms with Gasteiger partial charge in [0.25, 0.3) is 0 Å². The van der Waals surface area contributed by atoms with Gasteiger partial charge in [0.05, 0.1) is 0 Å². The number of nitrogens with zero attached hydrogens (tertiary/aromatic N) is 1. The van der Waals surface area contributed by atoms with E-state index in [1.165, 1.54) is 22.3 Å². The van der Waals surface area contributed by atoms with Gasteiger partial charge >= 0.3 is 0 Å². The quantitative estimate of drug-likeness (QED) is 0.583. The molecular weight excluding hydrogens is 302 g/mol. The molecule has 0 radical (unpaired) electrons. The predicted octanol–water partition coefficient (Wildman–Crippen LogP) is 5.42. The second-order valence-electron chi connectivity index (χ2n) is 5.77. The number of benzene rings is 2. The monoisotopic (exact) mass is 317 g/mol. The SMILES string of the molecule is Clc1cccc(/C=C2\c3ccccc3CCc3ncccc32)c1. The van der Waals surface area contributed by atoms with Gasteiger partial charge in [0.15, 0.2) is 0 Å². The van der Waals surface area contributed by atoms with Gasteiger partial charge in [-0.05, 0) is 59.4 Å². The molecule has 0 amide bonds. The van der Waals surface area contributed by atoms with Crippen LogP contribution in [0.4, 0.5) is 0 Å². The summed E-state index contributed by atoms with van der Waals surface area (Å²) in [5, 5.41) is 0.757. The van der Waals surface area contributed by atoms with Crippen molar-refractivity contribution in [1.29, 1.82) is 0 Å². The third-order valence-electron chi connectivity index (χ3n) is 4.28. The average Bonchev–Trinajstić information content (AvgIpc) is 2.73. The smallest absolute Gasteiger partial charge is 0.0485 e. The van der Waals surface area contributed by atoms with Gasteiger partial charge in [-0.1, -0.05) is 54.1 Å². The van der Waals surface area contributed by atoms with Gasteiger partial charge < -0.3 is 0 Å². The minimum atomic E-state index is 0.757. The van der Waals surface area contributed by atoms with Crippen LogP contribution in [0.25, 0.3) is 11.6 Å². The number of hydrogen-bond acceptors (Lipinski definition) is 1. The summed E-state index contributed by atoms with van der Waals surface area (Å²) in [5.41, 5.74) is 7.38. The Balaban J connectivity index is 1.97. The number of halogens is 1. The number of pyridine rings is 1. The van der Waals surface area contributed by atoms with Crippen LogP contribution in [-0.4, -0.2) is 4.98 Å². The lowest BCUT2D eigenvalue weighted by molar-refractivity contribution is 0.918. The molecule has 3 aromatic rings. The summed E-state index contributed by atoms with van der Waals surface area (Å²) >= 11 is 6.15. The molecule has 1 nitrogen and oxygen atoms in total. The molecule has 4 rings (SSSR count). The fraction of sp³-hybridized carbons (Fsp3) is 0.0952. The second kappa shape index (κ2) is 6.02. The van der Waals surface area contributed by atoms with Crippen molar-refractivity contribution in [2.24, 2.45) is 0 Å². The molecular formula is C21H16ClN. The molecule has 0 bridgehead atoms. The van der Waals surface area contributed by atoms with Crippen LogP contribution in [0.1, 0.15) is 27.9 Å². The third-order valence-corrected chi connectivity index (χ3v) is 4.51. The van der Waals surface area contributed by atoms with Crippen LogP contribution < -0.4 is 0 Å². The summed E-state index contributed by atoms with van der Waals surface area (Å²) in [4.78, 5) is 4.60. The molecule has 0 fully saturated rings. The Bertz CT molecular complexity index is 846. The Kier molecular flexibility index (Phi) is 3.72. The molecule has 2 aromatic carbocycles. The molecule has 1 aliphatic carbocycles. The number of fused-ring (bicyclic) bond motifs is 2. The molecule has 1 heterocycles. The van der Waals surface area contributed by atoms with Gasteiger partial charge in [0.2, 0.25) is 0 Å². The minimum Gasteiger partial charge on any atom is -0.261 e. The Hall–Kier alpha value is -2.38. The van der Waals surface area contributed by atoms with E-state index < -0.39 is 0 Å². The first-order valence-electron chi connectivity index (χ1n) is 7.81. The standard InChI is InChI=1S/C21H16ClN/c22-17-7-3-5-15(13-17)14-20-18-8-2-1-6-16(18)10-11-21-19(20)9-4-12-23-21/h1-9,12-14H,10-11H2/b20-14+. The lowest BCUT2D eigenvalue weighted by Gasteiger charge is -2.11. The van der Waals surface area contributed by atoms with Crippen molar-refractivity contribution in [3.63, 3.8) is 0 Å². The summed E-state index contributed by atoms with van der Waals surface area (Å²) in [5.74, 6) is 0. The van der Waals surface area contributed by atoms with Crippen LogP contribution in [0.2, 0.25) is 5.02 Å². The van der Waals surface area contributed by atoms with Crippen LogP contribution in [0.5, 0.6) is 0 Å². The van der Waals surface area contributed by atoms with E-state index in [-0.39, 0.29) is 0 Å². The van der Waals surface area contributed by atoms with E-state index >= 15 is 0 Å². The fourth-order valence-corrected chi connectivity index (χ4v) is 3.40. The molecule has 0 N–H and O–H groups in total. The van der Waals surface area contributed by atoms with Gasteiger partial charge in [-0.15, -0.1) is 0 Å².